The highest BCUT2D eigenvalue weighted by molar-refractivity contribution is 6.31. The highest BCUT2D eigenvalue weighted by Gasteiger charge is 2.22. The fourth-order valence-electron chi connectivity index (χ4n) is 3.16. The molecule has 0 aliphatic carbocycles. The first-order valence-electron chi connectivity index (χ1n) is 8.34. The number of benzene rings is 1. The summed E-state index contributed by atoms with van der Waals surface area (Å²) in [6, 6.07) is 7.77. The van der Waals surface area contributed by atoms with Crippen LogP contribution in [-0.2, 0) is 4.79 Å². The average molecular weight is 358 g/mol. The van der Waals surface area contributed by atoms with Crippen molar-refractivity contribution in [2.75, 3.05) is 44.2 Å². The van der Waals surface area contributed by atoms with Crippen molar-refractivity contribution in [1.29, 1.82) is 5.26 Å². The molecule has 0 unspecified atom stereocenters. The SMILES string of the molecule is CCNC(=O)CN1CCN(c2c(C#N)cnc3ccc(Cl)cc23)CC1. The zero-order valence-corrected chi connectivity index (χ0v) is 14.9. The third-order valence-corrected chi connectivity index (χ3v) is 4.59. The van der Waals surface area contributed by atoms with Gasteiger partial charge in [0.05, 0.1) is 23.3 Å². The molecule has 0 bridgehead atoms. The molecule has 1 fully saturated rings. The summed E-state index contributed by atoms with van der Waals surface area (Å²) in [5, 5.41) is 13.8. The quantitative estimate of drug-likeness (QED) is 0.906. The van der Waals surface area contributed by atoms with Crippen molar-refractivity contribution in [3.05, 3.63) is 35.0 Å². The number of nitrogens with zero attached hydrogens (tertiary/aromatic N) is 4. The summed E-state index contributed by atoms with van der Waals surface area (Å²) in [4.78, 5) is 20.4. The molecule has 1 N–H and O–H groups in total. The molecule has 0 radical (unpaired) electrons. The van der Waals surface area contributed by atoms with Crippen LogP contribution in [0.4, 0.5) is 5.69 Å². The summed E-state index contributed by atoms with van der Waals surface area (Å²) in [5.74, 6) is 0.0507. The summed E-state index contributed by atoms with van der Waals surface area (Å²) in [6.07, 6.45) is 1.62. The number of amides is 1. The Labute approximate surface area is 152 Å². The molecule has 0 saturated carbocycles. The Morgan fingerprint density at radius 1 is 1.36 bits per heavy atom. The van der Waals surface area contributed by atoms with E-state index in [9.17, 15) is 10.1 Å². The van der Waals surface area contributed by atoms with Crippen molar-refractivity contribution < 1.29 is 4.79 Å². The lowest BCUT2D eigenvalue weighted by Gasteiger charge is -2.36. The van der Waals surface area contributed by atoms with Gasteiger partial charge in [0.1, 0.15) is 6.07 Å². The summed E-state index contributed by atoms with van der Waals surface area (Å²) in [7, 11) is 0. The molecule has 1 aromatic carbocycles. The Hall–Kier alpha value is -2.36. The maximum absolute atomic E-state index is 11.7. The van der Waals surface area contributed by atoms with Gasteiger partial charge in [-0.05, 0) is 25.1 Å². The minimum Gasteiger partial charge on any atom is -0.367 e. The van der Waals surface area contributed by atoms with Crippen LogP contribution >= 0.6 is 11.6 Å². The van der Waals surface area contributed by atoms with Crippen molar-refractivity contribution in [1.82, 2.24) is 15.2 Å². The first kappa shape index (κ1) is 17.5. The van der Waals surface area contributed by atoms with Crippen LogP contribution in [-0.4, -0.2) is 55.1 Å². The van der Waals surface area contributed by atoms with E-state index in [0.717, 1.165) is 42.8 Å². The maximum atomic E-state index is 11.7. The van der Waals surface area contributed by atoms with Crippen LogP contribution in [0.15, 0.2) is 24.4 Å². The van der Waals surface area contributed by atoms with E-state index in [1.807, 2.05) is 19.1 Å². The number of hydrogen-bond acceptors (Lipinski definition) is 5. The molecular weight excluding hydrogens is 338 g/mol. The van der Waals surface area contributed by atoms with E-state index in [4.69, 9.17) is 11.6 Å². The van der Waals surface area contributed by atoms with Gasteiger partial charge in [-0.3, -0.25) is 14.7 Å². The fraction of sp³-hybridized carbons (Fsp3) is 0.389. The minimum atomic E-state index is 0.0507. The second kappa shape index (κ2) is 7.68. The predicted molar refractivity (Wildman–Crippen MR) is 98.8 cm³/mol. The molecule has 2 aromatic rings. The third kappa shape index (κ3) is 3.84. The van der Waals surface area contributed by atoms with Crippen LogP contribution in [0.1, 0.15) is 12.5 Å². The predicted octanol–water partition coefficient (Wildman–Crippen LogP) is 2.02. The molecule has 1 aliphatic rings. The number of halogens is 1. The Morgan fingerprint density at radius 2 is 2.12 bits per heavy atom. The zero-order chi connectivity index (χ0) is 17.8. The molecule has 1 amide bonds. The van der Waals surface area contributed by atoms with Crippen LogP contribution < -0.4 is 10.2 Å². The number of carbonyl (C=O) groups is 1. The molecule has 1 saturated heterocycles. The summed E-state index contributed by atoms with van der Waals surface area (Å²) >= 11 is 6.15. The summed E-state index contributed by atoms with van der Waals surface area (Å²) in [6.45, 7) is 6.01. The van der Waals surface area contributed by atoms with Gasteiger partial charge >= 0.3 is 0 Å². The molecule has 1 aliphatic heterocycles. The van der Waals surface area contributed by atoms with Crippen LogP contribution in [0.2, 0.25) is 5.02 Å². The first-order valence-corrected chi connectivity index (χ1v) is 8.72. The van der Waals surface area contributed by atoms with Gasteiger partial charge in [-0.2, -0.15) is 5.26 Å². The number of piperazine rings is 1. The van der Waals surface area contributed by atoms with Gasteiger partial charge in [-0.15, -0.1) is 0 Å². The number of nitrogens with one attached hydrogen (secondary N) is 1. The van der Waals surface area contributed by atoms with Gasteiger partial charge < -0.3 is 10.2 Å². The van der Waals surface area contributed by atoms with E-state index < -0.39 is 0 Å². The first-order chi connectivity index (χ1) is 12.1. The fourth-order valence-corrected chi connectivity index (χ4v) is 3.33. The standard InChI is InChI=1S/C18H20ClN5O/c1-2-21-17(25)12-23-5-7-24(8-6-23)18-13(10-20)11-22-16-4-3-14(19)9-15(16)18/h3-4,9,11H,2,5-8,12H2,1H3,(H,21,25). The normalized spacial score (nSPS) is 15.2. The third-order valence-electron chi connectivity index (χ3n) is 4.35. The van der Waals surface area contributed by atoms with E-state index in [-0.39, 0.29) is 5.91 Å². The molecule has 0 spiro atoms. The van der Waals surface area contributed by atoms with Crippen molar-refractivity contribution in [3.63, 3.8) is 0 Å². The number of rotatable bonds is 4. The van der Waals surface area contributed by atoms with Gasteiger partial charge in [0, 0.05) is 49.3 Å². The number of nitriles is 1. The van der Waals surface area contributed by atoms with Gasteiger partial charge in [0.15, 0.2) is 0 Å². The van der Waals surface area contributed by atoms with Crippen LogP contribution in [0.5, 0.6) is 0 Å². The monoisotopic (exact) mass is 357 g/mol. The minimum absolute atomic E-state index is 0.0507. The Morgan fingerprint density at radius 3 is 2.80 bits per heavy atom. The lowest BCUT2D eigenvalue weighted by molar-refractivity contribution is -0.122. The van der Waals surface area contributed by atoms with E-state index in [2.05, 4.69) is 26.2 Å². The largest absolute Gasteiger partial charge is 0.367 e. The molecule has 130 valence electrons. The number of anilines is 1. The number of aromatic nitrogens is 1. The Balaban J connectivity index is 1.82. The van der Waals surface area contributed by atoms with E-state index >= 15 is 0 Å². The smallest absolute Gasteiger partial charge is 0.234 e. The van der Waals surface area contributed by atoms with Gasteiger partial charge in [0.2, 0.25) is 5.91 Å². The second-order valence-corrected chi connectivity index (χ2v) is 6.45. The van der Waals surface area contributed by atoms with Crippen molar-refractivity contribution in [2.24, 2.45) is 0 Å². The number of fused-ring (bicyclic) bond motifs is 1. The van der Waals surface area contributed by atoms with Gasteiger partial charge in [0.25, 0.3) is 0 Å². The molecule has 6 nitrogen and oxygen atoms in total. The highest BCUT2D eigenvalue weighted by atomic mass is 35.5. The number of hydrogen-bond donors (Lipinski definition) is 1. The number of likely N-dealkylation sites (N-methyl/N-ethyl adjacent to an activating group) is 1. The molecule has 0 atom stereocenters. The van der Waals surface area contributed by atoms with Crippen molar-refractivity contribution in [3.8, 4) is 6.07 Å². The Kier molecular flexibility index (Phi) is 5.37. The highest BCUT2D eigenvalue weighted by Crippen LogP contribution is 2.31. The van der Waals surface area contributed by atoms with Crippen LogP contribution in [0, 0.1) is 11.3 Å². The molecule has 3 rings (SSSR count). The molecule has 25 heavy (non-hydrogen) atoms. The maximum Gasteiger partial charge on any atom is 0.234 e. The zero-order valence-electron chi connectivity index (χ0n) is 14.1. The Bertz CT molecular complexity index is 824. The van der Waals surface area contributed by atoms with Crippen molar-refractivity contribution in [2.45, 2.75) is 6.92 Å². The lowest BCUT2D eigenvalue weighted by Crippen LogP contribution is -2.49. The van der Waals surface area contributed by atoms with Gasteiger partial charge in [-0.1, -0.05) is 11.6 Å². The van der Waals surface area contributed by atoms with E-state index in [0.29, 0.717) is 23.7 Å². The van der Waals surface area contributed by atoms with Gasteiger partial charge in [-0.25, -0.2) is 0 Å². The number of pyridine rings is 1. The second-order valence-electron chi connectivity index (χ2n) is 6.01. The lowest BCUT2D eigenvalue weighted by atomic mass is 10.1. The molecule has 2 heterocycles. The summed E-state index contributed by atoms with van der Waals surface area (Å²) in [5.41, 5.74) is 2.25. The average Bonchev–Trinajstić information content (AvgIpc) is 2.61. The van der Waals surface area contributed by atoms with Crippen molar-refractivity contribution >= 4 is 34.1 Å². The topological polar surface area (TPSA) is 72.3 Å². The molecular formula is C18H20ClN5O. The van der Waals surface area contributed by atoms with E-state index in [1.165, 1.54) is 0 Å². The van der Waals surface area contributed by atoms with Crippen LogP contribution in [0.3, 0.4) is 0 Å². The summed E-state index contributed by atoms with van der Waals surface area (Å²) < 4.78 is 0. The molecule has 1 aromatic heterocycles. The number of carbonyl (C=O) groups excluding carboxylic acids is 1. The van der Waals surface area contributed by atoms with Crippen LogP contribution in [0.25, 0.3) is 10.9 Å². The molecule has 7 heteroatoms. The van der Waals surface area contributed by atoms with E-state index in [1.54, 1.807) is 12.3 Å².